The van der Waals surface area contributed by atoms with Crippen molar-refractivity contribution in [1.29, 1.82) is 0 Å². The lowest BCUT2D eigenvalue weighted by Gasteiger charge is -2.29. The predicted molar refractivity (Wildman–Crippen MR) is 71.2 cm³/mol. The predicted octanol–water partition coefficient (Wildman–Crippen LogP) is 1.03. The fraction of sp³-hybridized carbons (Fsp3) is 0.846. The van der Waals surface area contributed by atoms with E-state index in [-0.39, 0.29) is 11.8 Å². The molecule has 0 rings (SSSR count). The van der Waals surface area contributed by atoms with E-state index in [1.165, 1.54) is 0 Å². The number of nitrogens with zero attached hydrogens (tertiary/aromatic N) is 1. The van der Waals surface area contributed by atoms with E-state index in [1.54, 1.807) is 25.9 Å². The molecule has 0 spiro atoms. The maximum absolute atomic E-state index is 12.2. The summed E-state index contributed by atoms with van der Waals surface area (Å²) >= 11 is 0. The summed E-state index contributed by atoms with van der Waals surface area (Å²) in [5.74, 6) is -0.354. The molecular weight excluding hydrogens is 232 g/mol. The monoisotopic (exact) mass is 258 g/mol. The van der Waals surface area contributed by atoms with Gasteiger partial charge in [0.05, 0.1) is 0 Å². The van der Waals surface area contributed by atoms with E-state index in [1.807, 2.05) is 13.8 Å². The molecule has 0 saturated heterocycles. The van der Waals surface area contributed by atoms with Crippen LogP contribution in [-0.4, -0.2) is 50.1 Å². The van der Waals surface area contributed by atoms with Crippen molar-refractivity contribution in [3.63, 3.8) is 0 Å². The maximum Gasteiger partial charge on any atom is 0.237 e. The van der Waals surface area contributed by atoms with Gasteiger partial charge in [-0.3, -0.25) is 9.59 Å². The summed E-state index contributed by atoms with van der Waals surface area (Å²) in [7, 11) is 1.62. The van der Waals surface area contributed by atoms with Gasteiger partial charge in [0.25, 0.3) is 0 Å². The Morgan fingerprint density at radius 2 is 1.78 bits per heavy atom. The van der Waals surface area contributed by atoms with Gasteiger partial charge in [-0.2, -0.15) is 0 Å². The molecule has 0 unspecified atom stereocenters. The van der Waals surface area contributed by atoms with E-state index >= 15 is 0 Å². The highest BCUT2D eigenvalue weighted by molar-refractivity contribution is 6.04. The first-order valence-electron chi connectivity index (χ1n) is 6.48. The van der Waals surface area contributed by atoms with Crippen LogP contribution >= 0.6 is 0 Å². The van der Waals surface area contributed by atoms with Crippen molar-refractivity contribution in [2.75, 3.05) is 33.4 Å². The minimum absolute atomic E-state index is 0.128. The van der Waals surface area contributed by atoms with Crippen LogP contribution in [0.4, 0.5) is 0 Å². The number of carbonyl (C=O) groups excluding carboxylic acids is 2. The number of rotatable bonds is 8. The van der Waals surface area contributed by atoms with Crippen LogP contribution in [0.5, 0.6) is 0 Å². The van der Waals surface area contributed by atoms with E-state index < -0.39 is 5.41 Å². The molecule has 2 amide bonds. The molecule has 0 aromatic heterocycles. The molecule has 5 heteroatoms. The zero-order valence-corrected chi connectivity index (χ0v) is 12.2. The van der Waals surface area contributed by atoms with Crippen LogP contribution in [0.15, 0.2) is 0 Å². The molecule has 0 aromatic rings. The van der Waals surface area contributed by atoms with Crippen molar-refractivity contribution in [3.8, 4) is 0 Å². The molecule has 18 heavy (non-hydrogen) atoms. The third-order valence-corrected chi connectivity index (χ3v) is 2.96. The number of methoxy groups -OCH3 is 1. The van der Waals surface area contributed by atoms with Gasteiger partial charge in [-0.25, -0.2) is 0 Å². The Morgan fingerprint density at radius 3 is 2.22 bits per heavy atom. The minimum atomic E-state index is -1.01. The number of amides is 2. The lowest BCUT2D eigenvalue weighted by atomic mass is 9.90. The second kappa shape index (κ2) is 8.08. The van der Waals surface area contributed by atoms with Crippen molar-refractivity contribution < 1.29 is 14.3 Å². The second-order valence-electron chi connectivity index (χ2n) is 4.70. The van der Waals surface area contributed by atoms with Crippen LogP contribution in [0.25, 0.3) is 0 Å². The van der Waals surface area contributed by atoms with Gasteiger partial charge in [-0.15, -0.1) is 0 Å². The highest BCUT2D eigenvalue weighted by atomic mass is 16.5. The molecule has 1 N–H and O–H groups in total. The van der Waals surface area contributed by atoms with Gasteiger partial charge >= 0.3 is 0 Å². The van der Waals surface area contributed by atoms with Crippen LogP contribution in [0.1, 0.15) is 34.1 Å². The zero-order valence-electron chi connectivity index (χ0n) is 12.2. The topological polar surface area (TPSA) is 58.6 Å². The van der Waals surface area contributed by atoms with Gasteiger partial charge < -0.3 is 15.0 Å². The van der Waals surface area contributed by atoms with Gasteiger partial charge in [-0.1, -0.05) is 0 Å². The third-order valence-electron chi connectivity index (χ3n) is 2.96. The van der Waals surface area contributed by atoms with Crippen LogP contribution in [0.3, 0.4) is 0 Å². The first-order chi connectivity index (χ1) is 8.41. The Morgan fingerprint density at radius 1 is 1.22 bits per heavy atom. The number of nitrogens with one attached hydrogen (secondary N) is 1. The first kappa shape index (κ1) is 16.9. The zero-order chi connectivity index (χ0) is 14.2. The third kappa shape index (κ3) is 4.64. The number of hydrogen-bond donors (Lipinski definition) is 1. The average Bonchev–Trinajstić information content (AvgIpc) is 2.35. The fourth-order valence-corrected chi connectivity index (χ4v) is 1.64. The Kier molecular flexibility index (Phi) is 7.59. The SMILES string of the molecule is CCN(CC)C(=O)C(C)(C)C(=O)NCCCOC. The van der Waals surface area contributed by atoms with E-state index in [9.17, 15) is 9.59 Å². The molecule has 0 aliphatic carbocycles. The standard InChI is InChI=1S/C13H26N2O3/c1-6-15(7-2)12(17)13(3,4)11(16)14-9-8-10-18-5/h6-10H2,1-5H3,(H,14,16). The molecule has 0 saturated carbocycles. The molecule has 0 bridgehead atoms. The second-order valence-corrected chi connectivity index (χ2v) is 4.70. The molecule has 0 radical (unpaired) electrons. The summed E-state index contributed by atoms with van der Waals surface area (Å²) in [5, 5.41) is 2.78. The van der Waals surface area contributed by atoms with Gasteiger partial charge in [0.15, 0.2) is 0 Å². The molecule has 0 aromatic carbocycles. The van der Waals surface area contributed by atoms with Crippen LogP contribution in [0, 0.1) is 5.41 Å². The van der Waals surface area contributed by atoms with E-state index in [0.29, 0.717) is 26.2 Å². The molecule has 0 aliphatic rings. The molecule has 0 fully saturated rings. The Hall–Kier alpha value is -1.10. The molecule has 0 atom stereocenters. The van der Waals surface area contributed by atoms with E-state index in [4.69, 9.17) is 4.74 Å². The Bertz CT molecular complexity index is 273. The summed E-state index contributed by atoms with van der Waals surface area (Å²) in [6.07, 6.45) is 0.748. The summed E-state index contributed by atoms with van der Waals surface area (Å²) in [6, 6.07) is 0. The van der Waals surface area contributed by atoms with Crippen molar-refractivity contribution in [2.45, 2.75) is 34.1 Å². The fourth-order valence-electron chi connectivity index (χ4n) is 1.64. The van der Waals surface area contributed by atoms with Gasteiger partial charge in [0, 0.05) is 33.4 Å². The van der Waals surface area contributed by atoms with Crippen LogP contribution in [0.2, 0.25) is 0 Å². The normalized spacial score (nSPS) is 11.2. The summed E-state index contributed by atoms with van der Waals surface area (Å²) in [5.41, 5.74) is -1.01. The molecule has 0 aliphatic heterocycles. The van der Waals surface area contributed by atoms with Gasteiger partial charge in [0.2, 0.25) is 11.8 Å². The lowest BCUT2D eigenvalue weighted by molar-refractivity contribution is -0.148. The van der Waals surface area contributed by atoms with Crippen LogP contribution < -0.4 is 5.32 Å². The highest BCUT2D eigenvalue weighted by Crippen LogP contribution is 2.19. The highest BCUT2D eigenvalue weighted by Gasteiger charge is 2.38. The maximum atomic E-state index is 12.2. The van der Waals surface area contributed by atoms with Gasteiger partial charge in [-0.05, 0) is 34.1 Å². The smallest absolute Gasteiger partial charge is 0.237 e. The first-order valence-corrected chi connectivity index (χ1v) is 6.48. The molecule has 5 nitrogen and oxygen atoms in total. The Labute approximate surface area is 110 Å². The van der Waals surface area contributed by atoms with E-state index in [0.717, 1.165) is 6.42 Å². The van der Waals surface area contributed by atoms with Crippen LogP contribution in [-0.2, 0) is 14.3 Å². The van der Waals surface area contributed by atoms with Crippen molar-refractivity contribution in [2.24, 2.45) is 5.41 Å². The number of carbonyl (C=O) groups is 2. The quantitative estimate of drug-likeness (QED) is 0.522. The number of ether oxygens (including phenoxy) is 1. The average molecular weight is 258 g/mol. The lowest BCUT2D eigenvalue weighted by Crippen LogP contribution is -2.49. The Balaban J connectivity index is 4.41. The van der Waals surface area contributed by atoms with E-state index in [2.05, 4.69) is 5.32 Å². The molecule has 106 valence electrons. The largest absolute Gasteiger partial charge is 0.385 e. The molecule has 0 heterocycles. The summed E-state index contributed by atoms with van der Waals surface area (Å²) in [4.78, 5) is 25.9. The van der Waals surface area contributed by atoms with Gasteiger partial charge in [0.1, 0.15) is 5.41 Å². The van der Waals surface area contributed by atoms with Crippen molar-refractivity contribution in [3.05, 3.63) is 0 Å². The van der Waals surface area contributed by atoms with Crippen molar-refractivity contribution in [1.82, 2.24) is 10.2 Å². The van der Waals surface area contributed by atoms with Crippen molar-refractivity contribution >= 4 is 11.8 Å². The summed E-state index contributed by atoms with van der Waals surface area (Å²) < 4.78 is 4.90. The minimum Gasteiger partial charge on any atom is -0.385 e. The number of hydrogen-bond acceptors (Lipinski definition) is 3. The summed E-state index contributed by atoms with van der Waals surface area (Å²) in [6.45, 7) is 9.53. The molecular formula is C13H26N2O3.